The number of carbonyl (C=O) groups excluding carboxylic acids is 2. The highest BCUT2D eigenvalue weighted by Gasteiger charge is 2.19. The van der Waals surface area contributed by atoms with Crippen LogP contribution in [0.2, 0.25) is 0 Å². The summed E-state index contributed by atoms with van der Waals surface area (Å²) in [4.78, 5) is 27.2. The second-order valence-corrected chi connectivity index (χ2v) is 7.39. The van der Waals surface area contributed by atoms with Crippen molar-refractivity contribution in [3.05, 3.63) is 23.8 Å². The molecule has 27 heavy (non-hydrogen) atoms. The van der Waals surface area contributed by atoms with Crippen molar-refractivity contribution >= 4 is 23.2 Å². The quantitative estimate of drug-likeness (QED) is 0.583. The molecule has 0 atom stereocenters. The molecule has 1 aliphatic rings. The zero-order chi connectivity index (χ0) is 19.5. The lowest BCUT2D eigenvalue weighted by atomic mass is 10.1. The van der Waals surface area contributed by atoms with Gasteiger partial charge in [0.15, 0.2) is 0 Å². The van der Waals surface area contributed by atoms with Crippen molar-refractivity contribution in [3.8, 4) is 0 Å². The summed E-state index contributed by atoms with van der Waals surface area (Å²) in [7, 11) is 0. The van der Waals surface area contributed by atoms with Crippen LogP contribution in [-0.4, -0.2) is 31.4 Å². The highest BCUT2D eigenvalue weighted by atomic mass is 16.2. The van der Waals surface area contributed by atoms with Gasteiger partial charge in [-0.05, 0) is 50.3 Å². The van der Waals surface area contributed by atoms with Crippen molar-refractivity contribution in [2.24, 2.45) is 0 Å². The van der Waals surface area contributed by atoms with E-state index < -0.39 is 0 Å². The summed E-state index contributed by atoms with van der Waals surface area (Å²) in [5.74, 6) is -0.0341. The molecule has 0 spiro atoms. The minimum Gasteiger partial charge on any atom is -0.371 e. The number of carbonyl (C=O) groups is 2. The van der Waals surface area contributed by atoms with Crippen molar-refractivity contribution in [2.75, 3.05) is 29.9 Å². The Morgan fingerprint density at radius 3 is 2.48 bits per heavy atom. The summed E-state index contributed by atoms with van der Waals surface area (Å²) in [6.45, 7) is 6.83. The third kappa shape index (κ3) is 6.89. The van der Waals surface area contributed by atoms with Crippen LogP contribution in [0.25, 0.3) is 0 Å². The lowest BCUT2D eigenvalue weighted by Crippen LogP contribution is -2.33. The van der Waals surface area contributed by atoms with E-state index in [0.29, 0.717) is 24.2 Å². The fourth-order valence-electron chi connectivity index (χ4n) is 3.48. The molecule has 1 aliphatic heterocycles. The molecule has 2 amide bonds. The maximum absolute atomic E-state index is 12.7. The first kappa shape index (κ1) is 21.3. The number of nitrogens with one attached hydrogen (secondary N) is 2. The van der Waals surface area contributed by atoms with Crippen LogP contribution in [0.3, 0.4) is 0 Å². The Hall–Kier alpha value is -2.04. The summed E-state index contributed by atoms with van der Waals surface area (Å²) in [5.41, 5.74) is 2.34. The average Bonchev–Trinajstić information content (AvgIpc) is 2.70. The molecule has 1 aromatic rings. The van der Waals surface area contributed by atoms with Gasteiger partial charge < -0.3 is 15.5 Å². The number of anilines is 2. The van der Waals surface area contributed by atoms with Crippen LogP contribution in [-0.2, 0) is 4.79 Å². The van der Waals surface area contributed by atoms with Crippen LogP contribution in [0.4, 0.5) is 11.4 Å². The Morgan fingerprint density at radius 1 is 1.00 bits per heavy atom. The van der Waals surface area contributed by atoms with Crippen molar-refractivity contribution in [2.45, 2.75) is 71.6 Å². The van der Waals surface area contributed by atoms with Gasteiger partial charge in [-0.2, -0.15) is 0 Å². The van der Waals surface area contributed by atoms with Gasteiger partial charge in [-0.1, -0.05) is 33.1 Å². The molecule has 5 nitrogen and oxygen atoms in total. The molecule has 1 heterocycles. The normalized spacial score (nSPS) is 14.1. The molecule has 1 saturated heterocycles. The van der Waals surface area contributed by atoms with Gasteiger partial charge in [0.05, 0.1) is 5.56 Å². The monoisotopic (exact) mass is 373 g/mol. The van der Waals surface area contributed by atoms with E-state index in [1.807, 2.05) is 25.1 Å². The SMILES string of the molecule is CCCCCCC(=O)Nc1ccc(N2CCCCC2)c(C(=O)NCCC)c1. The summed E-state index contributed by atoms with van der Waals surface area (Å²) >= 11 is 0. The van der Waals surface area contributed by atoms with Crippen LogP contribution in [0.15, 0.2) is 18.2 Å². The first-order chi connectivity index (χ1) is 13.2. The van der Waals surface area contributed by atoms with E-state index in [1.165, 1.54) is 12.8 Å². The van der Waals surface area contributed by atoms with E-state index >= 15 is 0 Å². The van der Waals surface area contributed by atoms with Crippen LogP contribution >= 0.6 is 0 Å². The van der Waals surface area contributed by atoms with Gasteiger partial charge in [-0.15, -0.1) is 0 Å². The van der Waals surface area contributed by atoms with Crippen molar-refractivity contribution in [1.82, 2.24) is 5.32 Å². The van der Waals surface area contributed by atoms with Crippen molar-refractivity contribution in [1.29, 1.82) is 0 Å². The van der Waals surface area contributed by atoms with Crippen LogP contribution in [0, 0.1) is 0 Å². The number of hydrogen-bond acceptors (Lipinski definition) is 3. The van der Waals surface area contributed by atoms with Crippen molar-refractivity contribution in [3.63, 3.8) is 0 Å². The second-order valence-electron chi connectivity index (χ2n) is 7.39. The number of benzene rings is 1. The summed E-state index contributed by atoms with van der Waals surface area (Å²) < 4.78 is 0. The molecule has 2 rings (SSSR count). The van der Waals surface area contributed by atoms with E-state index in [4.69, 9.17) is 0 Å². The van der Waals surface area contributed by atoms with Gasteiger partial charge in [0, 0.05) is 37.4 Å². The zero-order valence-corrected chi connectivity index (χ0v) is 17.0. The number of amides is 2. The van der Waals surface area contributed by atoms with E-state index in [0.717, 1.165) is 57.3 Å². The maximum atomic E-state index is 12.7. The Morgan fingerprint density at radius 2 is 1.78 bits per heavy atom. The molecule has 0 aromatic heterocycles. The lowest BCUT2D eigenvalue weighted by Gasteiger charge is -2.30. The Labute approximate surface area is 163 Å². The first-order valence-electron chi connectivity index (χ1n) is 10.6. The highest BCUT2D eigenvalue weighted by molar-refractivity contribution is 6.02. The smallest absolute Gasteiger partial charge is 0.253 e. The minimum absolute atomic E-state index is 0.0248. The molecule has 2 N–H and O–H groups in total. The van der Waals surface area contributed by atoms with Gasteiger partial charge in [0.25, 0.3) is 5.91 Å². The number of nitrogens with zero attached hydrogens (tertiary/aromatic N) is 1. The molecule has 0 unspecified atom stereocenters. The van der Waals surface area contributed by atoms with E-state index in [2.05, 4.69) is 22.5 Å². The Balaban J connectivity index is 2.09. The van der Waals surface area contributed by atoms with Gasteiger partial charge in [0.2, 0.25) is 5.91 Å². The molecule has 5 heteroatoms. The summed E-state index contributed by atoms with van der Waals surface area (Å²) in [6.07, 6.45) is 9.33. The molecular formula is C22H35N3O2. The molecule has 1 aromatic carbocycles. The van der Waals surface area contributed by atoms with Crippen LogP contribution in [0.5, 0.6) is 0 Å². The van der Waals surface area contributed by atoms with Crippen LogP contribution in [0.1, 0.15) is 82.0 Å². The second kappa shape index (κ2) is 11.6. The molecule has 0 saturated carbocycles. The summed E-state index contributed by atoms with van der Waals surface area (Å²) in [5, 5.41) is 5.94. The maximum Gasteiger partial charge on any atom is 0.253 e. The molecule has 0 aliphatic carbocycles. The topological polar surface area (TPSA) is 61.4 Å². The van der Waals surface area contributed by atoms with E-state index in [9.17, 15) is 9.59 Å². The Bertz CT molecular complexity index is 610. The predicted molar refractivity (Wildman–Crippen MR) is 113 cm³/mol. The van der Waals surface area contributed by atoms with E-state index in [1.54, 1.807) is 0 Å². The van der Waals surface area contributed by atoms with Crippen LogP contribution < -0.4 is 15.5 Å². The number of rotatable bonds is 10. The largest absolute Gasteiger partial charge is 0.371 e. The van der Waals surface area contributed by atoms with Crippen molar-refractivity contribution < 1.29 is 9.59 Å². The number of piperidine rings is 1. The molecule has 0 bridgehead atoms. The minimum atomic E-state index is -0.0588. The fourth-order valence-corrected chi connectivity index (χ4v) is 3.48. The molecule has 0 radical (unpaired) electrons. The van der Waals surface area contributed by atoms with Gasteiger partial charge in [-0.25, -0.2) is 0 Å². The zero-order valence-electron chi connectivity index (χ0n) is 17.0. The number of hydrogen-bond donors (Lipinski definition) is 2. The van der Waals surface area contributed by atoms with E-state index in [-0.39, 0.29) is 11.8 Å². The third-order valence-corrected chi connectivity index (χ3v) is 5.01. The molecule has 1 fully saturated rings. The average molecular weight is 374 g/mol. The lowest BCUT2D eigenvalue weighted by molar-refractivity contribution is -0.116. The predicted octanol–water partition coefficient (Wildman–Crippen LogP) is 4.73. The van der Waals surface area contributed by atoms with Gasteiger partial charge in [0.1, 0.15) is 0 Å². The van der Waals surface area contributed by atoms with Gasteiger partial charge in [-0.3, -0.25) is 9.59 Å². The number of unbranched alkanes of at least 4 members (excludes halogenated alkanes) is 3. The standard InChI is InChI=1S/C22H35N3O2/c1-3-5-6-8-11-21(26)24-18-12-13-20(25-15-9-7-10-16-25)19(17-18)22(27)23-14-4-2/h12-13,17H,3-11,14-16H2,1-2H3,(H,23,27)(H,24,26). The highest BCUT2D eigenvalue weighted by Crippen LogP contribution is 2.27. The first-order valence-corrected chi connectivity index (χ1v) is 10.6. The Kier molecular flexibility index (Phi) is 9.16. The summed E-state index contributed by atoms with van der Waals surface area (Å²) in [6, 6.07) is 5.74. The third-order valence-electron chi connectivity index (χ3n) is 5.01. The molecular weight excluding hydrogens is 338 g/mol. The fraction of sp³-hybridized carbons (Fsp3) is 0.636. The molecule has 150 valence electrons. The van der Waals surface area contributed by atoms with Gasteiger partial charge >= 0.3 is 0 Å².